The number of hydrogen-bond donors (Lipinski definition) is 1. The Morgan fingerprint density at radius 2 is 1.69 bits per heavy atom. The van der Waals surface area contributed by atoms with Gasteiger partial charge in [-0.15, -0.1) is 12.4 Å². The number of fused-ring (bicyclic) bond motifs is 1. The van der Waals surface area contributed by atoms with Crippen molar-refractivity contribution < 1.29 is 13.2 Å². The van der Waals surface area contributed by atoms with E-state index >= 15 is 0 Å². The summed E-state index contributed by atoms with van der Waals surface area (Å²) in [5, 5.41) is 5.94. The SMILES string of the molecule is Cl.FC(F)(F)c1cccc(C2=CCNC(CCc3ccc4ccccc4c3)C2)c1. The zero-order valence-corrected chi connectivity index (χ0v) is 16.7. The van der Waals surface area contributed by atoms with Crippen LogP contribution in [0.2, 0.25) is 0 Å². The van der Waals surface area contributed by atoms with E-state index in [4.69, 9.17) is 0 Å². The Morgan fingerprint density at radius 3 is 2.48 bits per heavy atom. The molecule has 1 aliphatic heterocycles. The number of hydrogen-bond acceptors (Lipinski definition) is 1. The molecule has 5 heteroatoms. The third-order valence-corrected chi connectivity index (χ3v) is 5.38. The van der Waals surface area contributed by atoms with E-state index in [1.165, 1.54) is 28.5 Å². The first-order valence-electron chi connectivity index (χ1n) is 9.57. The first-order chi connectivity index (χ1) is 13.5. The summed E-state index contributed by atoms with van der Waals surface area (Å²) in [4.78, 5) is 0. The topological polar surface area (TPSA) is 12.0 Å². The van der Waals surface area contributed by atoms with Crippen LogP contribution in [0.15, 0.2) is 72.8 Å². The fourth-order valence-corrected chi connectivity index (χ4v) is 3.84. The van der Waals surface area contributed by atoms with Crippen LogP contribution >= 0.6 is 12.4 Å². The van der Waals surface area contributed by atoms with Crippen LogP contribution in [0.1, 0.15) is 29.5 Å². The van der Waals surface area contributed by atoms with E-state index < -0.39 is 11.7 Å². The molecule has 3 aromatic carbocycles. The Bertz CT molecular complexity index is 1010. The van der Waals surface area contributed by atoms with E-state index in [1.807, 2.05) is 18.2 Å². The molecule has 0 aliphatic carbocycles. The van der Waals surface area contributed by atoms with E-state index in [2.05, 4.69) is 35.6 Å². The summed E-state index contributed by atoms with van der Waals surface area (Å²) in [7, 11) is 0. The molecule has 1 aliphatic rings. The van der Waals surface area contributed by atoms with Crippen molar-refractivity contribution in [2.45, 2.75) is 31.5 Å². The summed E-state index contributed by atoms with van der Waals surface area (Å²) >= 11 is 0. The van der Waals surface area contributed by atoms with Crippen LogP contribution in [-0.4, -0.2) is 12.6 Å². The van der Waals surface area contributed by atoms with Crippen LogP contribution in [0, 0.1) is 0 Å². The van der Waals surface area contributed by atoms with Crippen molar-refractivity contribution in [1.29, 1.82) is 0 Å². The predicted octanol–water partition coefficient (Wildman–Crippen LogP) is 6.66. The van der Waals surface area contributed by atoms with Crippen LogP contribution in [-0.2, 0) is 12.6 Å². The molecular formula is C24H23ClF3N. The van der Waals surface area contributed by atoms with Gasteiger partial charge in [0.1, 0.15) is 0 Å². The zero-order valence-electron chi connectivity index (χ0n) is 15.9. The normalized spacial score (nSPS) is 16.9. The molecule has 0 saturated heterocycles. The van der Waals surface area contributed by atoms with E-state index in [0.717, 1.165) is 30.9 Å². The van der Waals surface area contributed by atoms with Crippen molar-refractivity contribution in [3.63, 3.8) is 0 Å². The maximum atomic E-state index is 13.0. The first-order valence-corrected chi connectivity index (χ1v) is 9.57. The van der Waals surface area contributed by atoms with Crippen molar-refractivity contribution in [3.05, 3.63) is 89.5 Å². The Hall–Kier alpha value is -2.30. The number of rotatable bonds is 4. The highest BCUT2D eigenvalue weighted by molar-refractivity contribution is 5.85. The van der Waals surface area contributed by atoms with Gasteiger partial charge in [-0.1, -0.05) is 60.7 Å². The summed E-state index contributed by atoms with van der Waals surface area (Å²) < 4.78 is 39.0. The maximum absolute atomic E-state index is 13.0. The van der Waals surface area contributed by atoms with Crippen LogP contribution < -0.4 is 5.32 Å². The predicted molar refractivity (Wildman–Crippen MR) is 115 cm³/mol. The lowest BCUT2D eigenvalue weighted by Crippen LogP contribution is -2.33. The van der Waals surface area contributed by atoms with Gasteiger partial charge in [-0.05, 0) is 58.9 Å². The molecular weight excluding hydrogens is 395 g/mol. The summed E-state index contributed by atoms with van der Waals surface area (Å²) in [5.74, 6) is 0. The lowest BCUT2D eigenvalue weighted by atomic mass is 9.91. The summed E-state index contributed by atoms with van der Waals surface area (Å²) in [5.41, 5.74) is 2.37. The molecule has 3 aromatic rings. The van der Waals surface area contributed by atoms with Gasteiger partial charge >= 0.3 is 6.18 Å². The molecule has 1 N–H and O–H groups in total. The van der Waals surface area contributed by atoms with Crippen LogP contribution in [0.3, 0.4) is 0 Å². The summed E-state index contributed by atoms with van der Waals surface area (Å²) in [6, 6.07) is 20.7. The quantitative estimate of drug-likeness (QED) is 0.500. The minimum Gasteiger partial charge on any atom is -0.310 e. The Labute approximate surface area is 175 Å². The van der Waals surface area contributed by atoms with Gasteiger partial charge in [-0.25, -0.2) is 0 Å². The molecule has 0 spiro atoms. The average molecular weight is 418 g/mol. The van der Waals surface area contributed by atoms with Crippen LogP contribution in [0.5, 0.6) is 0 Å². The van der Waals surface area contributed by atoms with E-state index in [0.29, 0.717) is 12.1 Å². The molecule has 1 unspecified atom stereocenters. The fraction of sp³-hybridized carbons (Fsp3) is 0.250. The Balaban J connectivity index is 0.00000240. The smallest absolute Gasteiger partial charge is 0.310 e. The summed E-state index contributed by atoms with van der Waals surface area (Å²) in [6.45, 7) is 0.688. The second-order valence-corrected chi connectivity index (χ2v) is 7.34. The largest absolute Gasteiger partial charge is 0.416 e. The third kappa shape index (κ3) is 5.20. The fourth-order valence-electron chi connectivity index (χ4n) is 3.84. The van der Waals surface area contributed by atoms with Crippen molar-refractivity contribution in [2.75, 3.05) is 6.54 Å². The van der Waals surface area contributed by atoms with Crippen LogP contribution in [0.4, 0.5) is 13.2 Å². The van der Waals surface area contributed by atoms with Crippen molar-refractivity contribution >= 4 is 28.8 Å². The third-order valence-electron chi connectivity index (χ3n) is 5.38. The van der Waals surface area contributed by atoms with Gasteiger partial charge in [0, 0.05) is 12.6 Å². The number of halogens is 4. The van der Waals surface area contributed by atoms with Gasteiger partial charge in [0.05, 0.1) is 5.56 Å². The number of nitrogens with one attached hydrogen (secondary N) is 1. The van der Waals surface area contributed by atoms with Gasteiger partial charge in [0.25, 0.3) is 0 Å². The molecule has 0 saturated carbocycles. The highest BCUT2D eigenvalue weighted by Crippen LogP contribution is 2.32. The van der Waals surface area contributed by atoms with Gasteiger partial charge < -0.3 is 5.32 Å². The second kappa shape index (κ2) is 9.02. The minimum atomic E-state index is -4.31. The van der Waals surface area contributed by atoms with Gasteiger partial charge in [0.2, 0.25) is 0 Å². The Kier molecular flexibility index (Phi) is 6.66. The molecule has 0 amide bonds. The maximum Gasteiger partial charge on any atom is 0.416 e. The molecule has 29 heavy (non-hydrogen) atoms. The van der Waals surface area contributed by atoms with E-state index in [-0.39, 0.29) is 18.4 Å². The molecule has 4 rings (SSSR count). The molecule has 1 nitrogen and oxygen atoms in total. The highest BCUT2D eigenvalue weighted by Gasteiger charge is 2.30. The van der Waals surface area contributed by atoms with Gasteiger partial charge in [-0.2, -0.15) is 13.2 Å². The first kappa shape index (κ1) is 21.4. The number of benzene rings is 3. The minimum absolute atomic E-state index is 0. The van der Waals surface area contributed by atoms with E-state index in [9.17, 15) is 13.2 Å². The molecule has 0 aromatic heterocycles. The zero-order chi connectivity index (χ0) is 19.6. The van der Waals surface area contributed by atoms with Gasteiger partial charge in [0.15, 0.2) is 0 Å². The van der Waals surface area contributed by atoms with Gasteiger partial charge in [-0.3, -0.25) is 0 Å². The van der Waals surface area contributed by atoms with Crippen molar-refractivity contribution in [3.8, 4) is 0 Å². The highest BCUT2D eigenvalue weighted by atomic mass is 35.5. The lowest BCUT2D eigenvalue weighted by Gasteiger charge is -2.25. The molecule has 1 heterocycles. The average Bonchev–Trinajstić information content (AvgIpc) is 2.72. The summed E-state index contributed by atoms with van der Waals surface area (Å²) in [6.07, 6.45) is 0.336. The second-order valence-electron chi connectivity index (χ2n) is 7.34. The molecule has 152 valence electrons. The lowest BCUT2D eigenvalue weighted by molar-refractivity contribution is -0.137. The van der Waals surface area contributed by atoms with Crippen molar-refractivity contribution in [1.82, 2.24) is 5.32 Å². The van der Waals surface area contributed by atoms with Crippen molar-refractivity contribution in [2.24, 2.45) is 0 Å². The molecule has 0 bridgehead atoms. The number of alkyl halides is 3. The van der Waals surface area contributed by atoms with Crippen LogP contribution in [0.25, 0.3) is 16.3 Å². The number of aryl methyl sites for hydroxylation is 1. The van der Waals surface area contributed by atoms with E-state index in [1.54, 1.807) is 6.07 Å². The monoisotopic (exact) mass is 417 g/mol. The molecule has 0 fully saturated rings. The molecule has 1 atom stereocenters. The Morgan fingerprint density at radius 1 is 0.897 bits per heavy atom. The molecule has 0 radical (unpaired) electrons. The standard InChI is InChI=1S/C24H22F3N.ClH/c25-24(26,27)22-7-3-6-20(15-22)21-12-13-28-23(16-21)11-9-17-8-10-18-4-1-2-5-19(18)14-17;/h1-8,10,12,14-15,23,28H,9,11,13,16H2;1H.